The van der Waals surface area contributed by atoms with Gasteiger partial charge in [0, 0.05) is 19.0 Å². The minimum Gasteiger partial charge on any atom is -0.465 e. The third-order valence-electron chi connectivity index (χ3n) is 3.89. The van der Waals surface area contributed by atoms with Gasteiger partial charge in [0.25, 0.3) is 0 Å². The predicted octanol–water partition coefficient (Wildman–Crippen LogP) is 2.60. The molecule has 2 heterocycles. The lowest BCUT2D eigenvalue weighted by Gasteiger charge is -2.08. The van der Waals surface area contributed by atoms with E-state index in [-0.39, 0.29) is 11.7 Å². The first-order chi connectivity index (χ1) is 13.6. The summed E-state index contributed by atoms with van der Waals surface area (Å²) < 4.78 is 11.8. The molecule has 0 fully saturated rings. The first-order valence-corrected chi connectivity index (χ1v) is 9.52. The van der Waals surface area contributed by atoms with E-state index >= 15 is 0 Å². The van der Waals surface area contributed by atoms with Crippen molar-refractivity contribution >= 4 is 40.5 Å². The summed E-state index contributed by atoms with van der Waals surface area (Å²) in [7, 11) is 2.95. The molecule has 146 valence electrons. The van der Waals surface area contributed by atoms with Gasteiger partial charge in [-0.2, -0.15) is 0 Å². The average Bonchev–Trinajstić information content (AvgIpc) is 3.07. The van der Waals surface area contributed by atoms with Crippen LogP contribution in [0.2, 0.25) is 0 Å². The molecule has 2 aromatic heterocycles. The van der Waals surface area contributed by atoms with E-state index in [0.29, 0.717) is 29.6 Å². The van der Waals surface area contributed by atoms with E-state index in [2.05, 4.69) is 15.3 Å². The molecular formula is C19H20N4O4S. The third kappa shape index (κ3) is 4.68. The number of nitrogens with one attached hydrogen (secondary N) is 1. The number of methoxy groups -OCH3 is 2. The number of rotatable bonds is 8. The van der Waals surface area contributed by atoms with E-state index < -0.39 is 5.97 Å². The summed E-state index contributed by atoms with van der Waals surface area (Å²) in [5.74, 6) is -0.492. The second-order valence-corrected chi connectivity index (χ2v) is 6.74. The summed E-state index contributed by atoms with van der Waals surface area (Å²) in [5, 5.41) is 3.48. The molecule has 0 radical (unpaired) electrons. The standard InChI is InChI=1S/C19H20N4O4S/c1-26-10-9-23-17-15(7-4-8-20-17)22-19(23)28-12-16(24)21-14-6-3-5-13(11-14)18(25)27-2/h3-8,11H,9-10,12H2,1-2H3,(H,21,24). The number of esters is 1. The van der Waals surface area contributed by atoms with E-state index in [1.807, 2.05) is 16.7 Å². The van der Waals surface area contributed by atoms with Crippen molar-refractivity contribution in [2.45, 2.75) is 11.7 Å². The highest BCUT2D eigenvalue weighted by Crippen LogP contribution is 2.23. The summed E-state index contributed by atoms with van der Waals surface area (Å²) in [6.07, 6.45) is 1.71. The lowest BCUT2D eigenvalue weighted by atomic mass is 10.2. The first-order valence-electron chi connectivity index (χ1n) is 8.53. The zero-order valence-corrected chi connectivity index (χ0v) is 16.4. The summed E-state index contributed by atoms with van der Waals surface area (Å²) >= 11 is 1.32. The molecule has 1 N–H and O–H groups in total. The van der Waals surface area contributed by atoms with Crippen LogP contribution in [0.3, 0.4) is 0 Å². The Morgan fingerprint density at radius 1 is 1.21 bits per heavy atom. The third-order valence-corrected chi connectivity index (χ3v) is 4.86. The van der Waals surface area contributed by atoms with Gasteiger partial charge in [0.1, 0.15) is 5.52 Å². The monoisotopic (exact) mass is 400 g/mol. The van der Waals surface area contributed by atoms with Gasteiger partial charge in [0.15, 0.2) is 10.8 Å². The fourth-order valence-corrected chi connectivity index (χ4v) is 3.43. The van der Waals surface area contributed by atoms with E-state index in [1.165, 1.54) is 18.9 Å². The number of aromatic nitrogens is 3. The maximum Gasteiger partial charge on any atom is 0.337 e. The summed E-state index contributed by atoms with van der Waals surface area (Å²) in [6.45, 7) is 1.11. The second kappa shape index (κ2) is 9.34. The topological polar surface area (TPSA) is 95.3 Å². The maximum absolute atomic E-state index is 12.4. The Hall–Kier alpha value is -2.91. The number of ether oxygens (including phenoxy) is 2. The molecule has 0 saturated carbocycles. The number of thioether (sulfide) groups is 1. The van der Waals surface area contributed by atoms with Gasteiger partial charge < -0.3 is 19.4 Å². The number of anilines is 1. The van der Waals surface area contributed by atoms with Gasteiger partial charge >= 0.3 is 5.97 Å². The van der Waals surface area contributed by atoms with E-state index in [4.69, 9.17) is 9.47 Å². The molecule has 0 aliphatic rings. The van der Waals surface area contributed by atoms with Gasteiger partial charge in [-0.25, -0.2) is 14.8 Å². The van der Waals surface area contributed by atoms with Crippen LogP contribution >= 0.6 is 11.8 Å². The van der Waals surface area contributed by atoms with Crippen molar-refractivity contribution in [1.82, 2.24) is 14.5 Å². The van der Waals surface area contributed by atoms with Crippen molar-refractivity contribution in [2.75, 3.05) is 31.9 Å². The van der Waals surface area contributed by atoms with Crippen LogP contribution in [0.1, 0.15) is 10.4 Å². The number of carbonyl (C=O) groups is 2. The van der Waals surface area contributed by atoms with Crippen LogP contribution in [0.5, 0.6) is 0 Å². The lowest BCUT2D eigenvalue weighted by molar-refractivity contribution is -0.113. The Kier molecular flexibility index (Phi) is 6.62. The number of benzene rings is 1. The molecule has 1 aromatic carbocycles. The zero-order valence-electron chi connectivity index (χ0n) is 15.5. The fourth-order valence-electron chi connectivity index (χ4n) is 2.60. The summed E-state index contributed by atoms with van der Waals surface area (Å²) in [5.41, 5.74) is 2.43. The van der Waals surface area contributed by atoms with Gasteiger partial charge in [-0.3, -0.25) is 4.79 Å². The molecule has 28 heavy (non-hydrogen) atoms. The van der Waals surface area contributed by atoms with Crippen molar-refractivity contribution in [3.63, 3.8) is 0 Å². The molecule has 0 bridgehead atoms. The van der Waals surface area contributed by atoms with Gasteiger partial charge in [0.05, 0.1) is 31.6 Å². The maximum atomic E-state index is 12.4. The summed E-state index contributed by atoms with van der Waals surface area (Å²) in [4.78, 5) is 32.9. The highest BCUT2D eigenvalue weighted by molar-refractivity contribution is 7.99. The SMILES string of the molecule is COCCn1c(SCC(=O)Nc2cccc(C(=O)OC)c2)nc2cccnc21. The zero-order chi connectivity index (χ0) is 19.9. The Balaban J connectivity index is 1.68. The van der Waals surface area contributed by atoms with Crippen molar-refractivity contribution in [3.05, 3.63) is 48.2 Å². The Morgan fingerprint density at radius 3 is 2.86 bits per heavy atom. The number of amides is 1. The van der Waals surface area contributed by atoms with Crippen LogP contribution in [-0.4, -0.2) is 53.0 Å². The minimum atomic E-state index is -0.454. The van der Waals surface area contributed by atoms with Crippen LogP contribution in [-0.2, 0) is 20.8 Å². The Bertz CT molecular complexity index is 989. The molecule has 0 saturated heterocycles. The fraction of sp³-hybridized carbons (Fsp3) is 0.263. The molecule has 3 rings (SSSR count). The molecule has 1 amide bonds. The van der Waals surface area contributed by atoms with Gasteiger partial charge in [0.2, 0.25) is 5.91 Å². The minimum absolute atomic E-state index is 0.165. The molecule has 3 aromatic rings. The van der Waals surface area contributed by atoms with E-state index in [1.54, 1.807) is 37.6 Å². The molecular weight excluding hydrogens is 380 g/mol. The lowest BCUT2D eigenvalue weighted by Crippen LogP contribution is -2.15. The molecule has 0 aliphatic heterocycles. The molecule has 0 unspecified atom stereocenters. The number of nitrogens with zero attached hydrogens (tertiary/aromatic N) is 3. The number of imidazole rings is 1. The number of fused-ring (bicyclic) bond motifs is 1. The molecule has 0 aliphatic carbocycles. The molecule has 0 atom stereocenters. The molecule has 0 spiro atoms. The van der Waals surface area contributed by atoms with Crippen molar-refractivity contribution in [1.29, 1.82) is 0 Å². The Morgan fingerprint density at radius 2 is 2.07 bits per heavy atom. The van der Waals surface area contributed by atoms with Crippen LogP contribution in [0.25, 0.3) is 11.2 Å². The Labute approximate surface area is 166 Å². The van der Waals surface area contributed by atoms with Gasteiger partial charge in [-0.1, -0.05) is 17.8 Å². The van der Waals surface area contributed by atoms with Gasteiger partial charge in [-0.05, 0) is 30.3 Å². The van der Waals surface area contributed by atoms with E-state index in [0.717, 1.165) is 11.2 Å². The van der Waals surface area contributed by atoms with Crippen molar-refractivity contribution < 1.29 is 19.1 Å². The van der Waals surface area contributed by atoms with Crippen LogP contribution in [0.15, 0.2) is 47.8 Å². The largest absolute Gasteiger partial charge is 0.465 e. The second-order valence-electron chi connectivity index (χ2n) is 5.79. The predicted molar refractivity (Wildman–Crippen MR) is 107 cm³/mol. The smallest absolute Gasteiger partial charge is 0.337 e. The highest BCUT2D eigenvalue weighted by Gasteiger charge is 2.14. The van der Waals surface area contributed by atoms with Crippen molar-refractivity contribution in [3.8, 4) is 0 Å². The van der Waals surface area contributed by atoms with E-state index in [9.17, 15) is 9.59 Å². The number of carbonyl (C=O) groups excluding carboxylic acids is 2. The van der Waals surface area contributed by atoms with Crippen LogP contribution < -0.4 is 5.32 Å². The van der Waals surface area contributed by atoms with Crippen LogP contribution in [0, 0.1) is 0 Å². The highest BCUT2D eigenvalue weighted by atomic mass is 32.2. The number of pyridine rings is 1. The first kappa shape index (κ1) is 19.8. The number of hydrogen-bond acceptors (Lipinski definition) is 7. The van der Waals surface area contributed by atoms with Crippen molar-refractivity contribution in [2.24, 2.45) is 0 Å². The normalized spacial score (nSPS) is 10.8. The van der Waals surface area contributed by atoms with Gasteiger partial charge in [-0.15, -0.1) is 0 Å². The average molecular weight is 400 g/mol. The summed E-state index contributed by atoms with van der Waals surface area (Å²) in [6, 6.07) is 10.3. The quantitative estimate of drug-likeness (QED) is 0.459. The molecule has 9 heteroatoms. The molecule has 8 nitrogen and oxygen atoms in total. The number of hydrogen-bond donors (Lipinski definition) is 1. The van der Waals surface area contributed by atoms with Crippen LogP contribution in [0.4, 0.5) is 5.69 Å².